The van der Waals surface area contributed by atoms with Gasteiger partial charge in [0.25, 0.3) is 0 Å². The van der Waals surface area contributed by atoms with E-state index in [0.717, 1.165) is 16.9 Å². The minimum Gasteiger partial charge on any atom is -0.493 e. The van der Waals surface area contributed by atoms with Crippen LogP contribution < -0.4 is 14.8 Å². The molecule has 0 radical (unpaired) electrons. The summed E-state index contributed by atoms with van der Waals surface area (Å²) < 4.78 is 11.0. The first-order valence-corrected chi connectivity index (χ1v) is 7.99. The van der Waals surface area contributed by atoms with Crippen LogP contribution in [-0.2, 0) is 11.3 Å². The van der Waals surface area contributed by atoms with E-state index in [1.54, 1.807) is 12.3 Å². The van der Waals surface area contributed by atoms with Crippen LogP contribution in [0, 0.1) is 0 Å². The van der Waals surface area contributed by atoms with Gasteiger partial charge in [0.1, 0.15) is 5.75 Å². The zero-order valence-electron chi connectivity index (χ0n) is 14.0. The largest absolute Gasteiger partial charge is 0.493 e. The second-order valence-electron chi connectivity index (χ2n) is 4.92. The minimum absolute atomic E-state index is 0.187. The number of para-hydroxylation sites is 1. The van der Waals surface area contributed by atoms with Crippen molar-refractivity contribution in [3.63, 3.8) is 0 Å². The lowest BCUT2D eigenvalue weighted by molar-refractivity contribution is -0.116. The molecular formula is C19H22N2O3. The molecule has 0 atom stereocenters. The van der Waals surface area contributed by atoms with Crippen molar-refractivity contribution in [3.8, 4) is 11.6 Å². The third-order valence-corrected chi connectivity index (χ3v) is 3.22. The van der Waals surface area contributed by atoms with Gasteiger partial charge in [0.05, 0.1) is 13.2 Å². The number of hydrogen-bond donors (Lipinski definition) is 1. The van der Waals surface area contributed by atoms with Crippen LogP contribution in [0.2, 0.25) is 0 Å². The number of carbonyl (C=O) groups excluding carboxylic acids is 1. The van der Waals surface area contributed by atoms with Crippen LogP contribution in [-0.4, -0.2) is 24.1 Å². The van der Waals surface area contributed by atoms with Crippen LogP contribution in [0.5, 0.6) is 11.6 Å². The maximum absolute atomic E-state index is 12.0. The molecule has 0 aliphatic rings. The Bertz CT molecular complexity index is 699. The van der Waals surface area contributed by atoms with Gasteiger partial charge in [-0.25, -0.2) is 4.98 Å². The predicted molar refractivity (Wildman–Crippen MR) is 93.9 cm³/mol. The number of aromatic nitrogens is 1. The quantitative estimate of drug-likeness (QED) is 0.757. The molecule has 0 bridgehead atoms. The average Bonchev–Trinajstić information content (AvgIpc) is 2.61. The van der Waals surface area contributed by atoms with Crippen molar-refractivity contribution in [2.24, 2.45) is 0 Å². The molecule has 24 heavy (non-hydrogen) atoms. The molecule has 126 valence electrons. The van der Waals surface area contributed by atoms with Crippen molar-refractivity contribution < 1.29 is 14.3 Å². The maximum Gasteiger partial charge on any atom is 0.244 e. The first-order valence-electron chi connectivity index (χ1n) is 7.99. The molecule has 0 aliphatic carbocycles. The van der Waals surface area contributed by atoms with Gasteiger partial charge in [-0.15, -0.1) is 0 Å². The molecule has 0 aliphatic heterocycles. The van der Waals surface area contributed by atoms with Gasteiger partial charge in [-0.3, -0.25) is 4.79 Å². The highest BCUT2D eigenvalue weighted by Gasteiger charge is 2.05. The molecule has 0 unspecified atom stereocenters. The average molecular weight is 326 g/mol. The van der Waals surface area contributed by atoms with E-state index >= 15 is 0 Å². The molecular weight excluding hydrogens is 304 g/mol. The molecule has 2 rings (SSSR count). The third-order valence-electron chi connectivity index (χ3n) is 3.22. The van der Waals surface area contributed by atoms with Crippen LogP contribution in [0.4, 0.5) is 0 Å². The molecule has 0 saturated heterocycles. The summed E-state index contributed by atoms with van der Waals surface area (Å²) in [5, 5.41) is 2.83. The Morgan fingerprint density at radius 2 is 1.92 bits per heavy atom. The van der Waals surface area contributed by atoms with E-state index < -0.39 is 0 Å². The summed E-state index contributed by atoms with van der Waals surface area (Å²) in [5.74, 6) is 1.12. The molecule has 5 heteroatoms. The fourth-order valence-corrected chi connectivity index (χ4v) is 2.14. The van der Waals surface area contributed by atoms with Crippen LogP contribution in [0.1, 0.15) is 25.0 Å². The second kappa shape index (κ2) is 9.35. The molecule has 1 amide bonds. The molecule has 0 fully saturated rings. The number of amides is 1. The Morgan fingerprint density at radius 1 is 1.12 bits per heavy atom. The number of nitrogens with one attached hydrogen (secondary N) is 1. The second-order valence-corrected chi connectivity index (χ2v) is 4.92. The number of nitrogens with zero attached hydrogens (tertiary/aromatic N) is 1. The van der Waals surface area contributed by atoms with Crippen molar-refractivity contribution in [1.82, 2.24) is 10.3 Å². The fraction of sp³-hybridized carbons (Fsp3) is 0.263. The molecule has 1 aromatic heterocycles. The van der Waals surface area contributed by atoms with E-state index in [4.69, 9.17) is 9.47 Å². The van der Waals surface area contributed by atoms with E-state index in [1.165, 1.54) is 6.08 Å². The summed E-state index contributed by atoms with van der Waals surface area (Å²) in [6.07, 6.45) is 4.91. The Hall–Kier alpha value is -2.82. The van der Waals surface area contributed by atoms with Gasteiger partial charge in [0, 0.05) is 29.9 Å². The van der Waals surface area contributed by atoms with Gasteiger partial charge < -0.3 is 14.8 Å². The van der Waals surface area contributed by atoms with Gasteiger partial charge in [0.15, 0.2) is 0 Å². The highest BCUT2D eigenvalue weighted by Crippen LogP contribution is 2.19. The van der Waals surface area contributed by atoms with E-state index in [-0.39, 0.29) is 5.91 Å². The van der Waals surface area contributed by atoms with Crippen LogP contribution in [0.3, 0.4) is 0 Å². The summed E-state index contributed by atoms with van der Waals surface area (Å²) in [7, 11) is 0. The number of ether oxygens (including phenoxy) is 2. The highest BCUT2D eigenvalue weighted by molar-refractivity contribution is 5.92. The molecule has 0 saturated carbocycles. The van der Waals surface area contributed by atoms with E-state index in [9.17, 15) is 4.79 Å². The summed E-state index contributed by atoms with van der Waals surface area (Å²) in [4.78, 5) is 16.2. The number of carbonyl (C=O) groups is 1. The van der Waals surface area contributed by atoms with Crippen LogP contribution in [0.25, 0.3) is 6.08 Å². The lowest BCUT2D eigenvalue weighted by Crippen LogP contribution is -2.20. The molecule has 1 N–H and O–H groups in total. The van der Waals surface area contributed by atoms with Crippen molar-refractivity contribution in [2.45, 2.75) is 20.4 Å². The molecule has 2 aromatic rings. The van der Waals surface area contributed by atoms with Crippen molar-refractivity contribution >= 4 is 12.0 Å². The summed E-state index contributed by atoms with van der Waals surface area (Å²) >= 11 is 0. The van der Waals surface area contributed by atoms with Gasteiger partial charge in [-0.2, -0.15) is 0 Å². The lowest BCUT2D eigenvalue weighted by Gasteiger charge is -2.09. The Labute approximate surface area is 142 Å². The molecule has 1 heterocycles. The summed E-state index contributed by atoms with van der Waals surface area (Å²) in [6, 6.07) is 11.3. The zero-order chi connectivity index (χ0) is 17.2. The first kappa shape index (κ1) is 17.5. The highest BCUT2D eigenvalue weighted by atomic mass is 16.5. The van der Waals surface area contributed by atoms with E-state index in [1.807, 2.05) is 50.2 Å². The number of pyridine rings is 1. The van der Waals surface area contributed by atoms with E-state index in [0.29, 0.717) is 25.6 Å². The van der Waals surface area contributed by atoms with Gasteiger partial charge in [-0.05, 0) is 32.1 Å². The summed E-state index contributed by atoms with van der Waals surface area (Å²) in [6.45, 7) is 5.30. The zero-order valence-corrected chi connectivity index (χ0v) is 14.0. The maximum atomic E-state index is 12.0. The van der Waals surface area contributed by atoms with E-state index in [2.05, 4.69) is 10.3 Å². The minimum atomic E-state index is -0.187. The SMILES string of the molecule is CCOc1ccccc1/C=C/C(=O)NCc1cccnc1OCC. The van der Waals surface area contributed by atoms with Crippen molar-refractivity contribution in [1.29, 1.82) is 0 Å². The van der Waals surface area contributed by atoms with Crippen molar-refractivity contribution in [2.75, 3.05) is 13.2 Å². The smallest absolute Gasteiger partial charge is 0.244 e. The van der Waals surface area contributed by atoms with Crippen molar-refractivity contribution in [3.05, 3.63) is 59.8 Å². The Kier molecular flexibility index (Phi) is 6.83. The van der Waals surface area contributed by atoms with Gasteiger partial charge >= 0.3 is 0 Å². The summed E-state index contributed by atoms with van der Waals surface area (Å²) in [5.41, 5.74) is 1.71. The molecule has 1 aromatic carbocycles. The Morgan fingerprint density at radius 3 is 2.71 bits per heavy atom. The lowest BCUT2D eigenvalue weighted by atomic mass is 10.2. The normalized spacial score (nSPS) is 10.6. The molecule has 5 nitrogen and oxygen atoms in total. The monoisotopic (exact) mass is 326 g/mol. The predicted octanol–water partition coefficient (Wildman–Crippen LogP) is 3.21. The number of hydrogen-bond acceptors (Lipinski definition) is 4. The number of rotatable bonds is 8. The standard InChI is InChI=1S/C19H22N2O3/c1-3-23-17-10-6-5-8-15(17)11-12-18(22)21-14-16-9-7-13-20-19(16)24-4-2/h5-13H,3-4,14H2,1-2H3,(H,21,22)/b12-11+. The molecule has 0 spiro atoms. The van der Waals surface area contributed by atoms with Crippen LogP contribution in [0.15, 0.2) is 48.7 Å². The fourth-order valence-electron chi connectivity index (χ4n) is 2.14. The topological polar surface area (TPSA) is 60.5 Å². The number of benzene rings is 1. The van der Waals surface area contributed by atoms with Gasteiger partial charge in [-0.1, -0.05) is 24.3 Å². The van der Waals surface area contributed by atoms with Crippen LogP contribution >= 0.6 is 0 Å². The third kappa shape index (κ3) is 5.12. The Balaban J connectivity index is 1.97. The van der Waals surface area contributed by atoms with Gasteiger partial charge in [0.2, 0.25) is 11.8 Å². The first-order chi connectivity index (χ1) is 11.7.